The Hall–Kier alpha value is -7.82. The second kappa shape index (κ2) is 12.6. The molecule has 62 heavy (non-hydrogen) atoms. The Morgan fingerprint density at radius 2 is 1.06 bits per heavy atom. The molecule has 1 aliphatic heterocycles. The van der Waals surface area contributed by atoms with Gasteiger partial charge in [0.25, 0.3) is 0 Å². The Kier molecular flexibility index (Phi) is 6.90. The van der Waals surface area contributed by atoms with Gasteiger partial charge in [-0.2, -0.15) is 0 Å². The number of nitrogens with zero attached hydrogens (tertiary/aromatic N) is 1. The summed E-state index contributed by atoms with van der Waals surface area (Å²) in [5, 5.41) is 4.26. The number of aryl methyl sites for hydroxylation is 1. The maximum Gasteiger partial charge on any atom is 0.159 e. The molecular weight excluding hydrogens is 759 g/mol. The zero-order valence-electron chi connectivity index (χ0n) is 33.7. The van der Waals surface area contributed by atoms with E-state index >= 15 is 0 Å². The number of hydrogen-bond donors (Lipinski definition) is 0. The minimum Gasteiger partial charge on any atom is -0.456 e. The molecule has 0 saturated carbocycles. The van der Waals surface area contributed by atoms with Crippen LogP contribution in [0.2, 0.25) is 0 Å². The highest BCUT2D eigenvalue weighted by Gasteiger charge is 2.52. The van der Waals surface area contributed by atoms with Crippen LogP contribution in [0, 0.1) is 0 Å². The van der Waals surface area contributed by atoms with Crippen molar-refractivity contribution in [3.63, 3.8) is 0 Å². The summed E-state index contributed by atoms with van der Waals surface area (Å²) in [7, 11) is 0. The first-order valence-electron chi connectivity index (χ1n) is 21.6. The van der Waals surface area contributed by atoms with Crippen LogP contribution in [0.3, 0.4) is 0 Å². The predicted molar refractivity (Wildman–Crippen MR) is 251 cm³/mol. The van der Waals surface area contributed by atoms with Gasteiger partial charge in [0.2, 0.25) is 0 Å². The summed E-state index contributed by atoms with van der Waals surface area (Å²) in [6, 6.07) is 68.0. The molecule has 3 aliphatic rings. The largest absolute Gasteiger partial charge is 0.456 e. The number of fused-ring (bicyclic) bond motifs is 16. The number of hydrogen-bond acceptors (Lipinski definition) is 4. The lowest BCUT2D eigenvalue weighted by Crippen LogP contribution is -2.32. The molecule has 14 rings (SSSR count). The molecule has 0 radical (unpaired) electrons. The van der Waals surface area contributed by atoms with Crippen molar-refractivity contribution >= 4 is 60.9 Å². The highest BCUT2D eigenvalue weighted by atomic mass is 16.5. The molecule has 292 valence electrons. The molecule has 4 heteroatoms. The van der Waals surface area contributed by atoms with Gasteiger partial charge < -0.3 is 18.5 Å². The van der Waals surface area contributed by atoms with Crippen molar-refractivity contribution < 1.29 is 13.6 Å². The Labute approximate surface area is 357 Å². The smallest absolute Gasteiger partial charge is 0.159 e. The molecule has 0 atom stereocenters. The molecule has 0 bridgehead atoms. The molecule has 9 aromatic carbocycles. The van der Waals surface area contributed by atoms with Crippen LogP contribution in [-0.2, 0) is 18.3 Å². The van der Waals surface area contributed by atoms with Crippen molar-refractivity contribution in [1.29, 1.82) is 0 Å². The summed E-state index contributed by atoms with van der Waals surface area (Å²) in [6.07, 6.45) is 3.24. The number of furan rings is 2. The second-order valence-corrected chi connectivity index (χ2v) is 16.9. The van der Waals surface area contributed by atoms with Crippen molar-refractivity contribution in [1.82, 2.24) is 0 Å². The Balaban J connectivity index is 1.17. The van der Waals surface area contributed by atoms with Crippen molar-refractivity contribution in [3.8, 4) is 33.8 Å². The van der Waals surface area contributed by atoms with Gasteiger partial charge in [-0.05, 0) is 107 Å². The summed E-state index contributed by atoms with van der Waals surface area (Å²) in [5.41, 5.74) is 18.0. The highest BCUT2D eigenvalue weighted by molar-refractivity contribution is 6.16. The maximum absolute atomic E-state index is 7.36. The lowest BCUT2D eigenvalue weighted by atomic mass is 9.65. The zero-order chi connectivity index (χ0) is 40.5. The lowest BCUT2D eigenvalue weighted by molar-refractivity contribution is 0.438. The van der Waals surface area contributed by atoms with E-state index in [9.17, 15) is 0 Å². The highest BCUT2D eigenvalue weighted by Crippen LogP contribution is 2.64. The Morgan fingerprint density at radius 3 is 1.90 bits per heavy atom. The zero-order valence-corrected chi connectivity index (χ0v) is 33.7. The third kappa shape index (κ3) is 4.45. The summed E-state index contributed by atoms with van der Waals surface area (Å²) in [6.45, 7) is 0. The van der Waals surface area contributed by atoms with E-state index in [-0.39, 0.29) is 0 Å². The Morgan fingerprint density at radius 1 is 0.435 bits per heavy atom. The minimum atomic E-state index is -0.675. The first-order valence-corrected chi connectivity index (χ1v) is 21.6. The fourth-order valence-electron chi connectivity index (χ4n) is 11.4. The molecule has 0 unspecified atom stereocenters. The first kappa shape index (κ1) is 34.0. The van der Waals surface area contributed by atoms with Gasteiger partial charge in [0.15, 0.2) is 5.58 Å². The number of ether oxygens (including phenoxy) is 1. The van der Waals surface area contributed by atoms with E-state index in [0.717, 1.165) is 108 Å². The fourth-order valence-corrected chi connectivity index (χ4v) is 11.4. The fraction of sp³-hybridized carbons (Fsp3) is 0.0690. The van der Waals surface area contributed by atoms with Crippen LogP contribution >= 0.6 is 0 Å². The van der Waals surface area contributed by atoms with Gasteiger partial charge in [0, 0.05) is 38.5 Å². The number of anilines is 3. The van der Waals surface area contributed by atoms with E-state index in [1.165, 1.54) is 38.9 Å². The van der Waals surface area contributed by atoms with Gasteiger partial charge in [-0.15, -0.1) is 0 Å². The number of para-hydroxylation sites is 4. The van der Waals surface area contributed by atoms with Gasteiger partial charge in [-0.25, -0.2) is 0 Å². The minimum absolute atomic E-state index is 0.675. The third-order valence-electron chi connectivity index (χ3n) is 13.9. The van der Waals surface area contributed by atoms with E-state index in [1.54, 1.807) is 0 Å². The SMILES string of the molecule is c1ccc2c(c1)Oc1c(-c3cccc4c3CCC4)cc(N(c3cccc4c3oc3ccccc34)c3cccc4oc5ccccc5c34)cc1C21c2ccccc2-c2ccccc21. The summed E-state index contributed by atoms with van der Waals surface area (Å²) in [5.74, 6) is 1.78. The molecule has 3 heterocycles. The van der Waals surface area contributed by atoms with E-state index in [0.29, 0.717) is 0 Å². The predicted octanol–water partition coefficient (Wildman–Crippen LogP) is 15.6. The van der Waals surface area contributed by atoms with Crippen LogP contribution in [0.5, 0.6) is 11.5 Å². The number of benzene rings is 9. The molecule has 0 amide bonds. The van der Waals surface area contributed by atoms with Crippen molar-refractivity contribution in [2.75, 3.05) is 4.90 Å². The molecule has 2 aromatic heterocycles. The van der Waals surface area contributed by atoms with Crippen molar-refractivity contribution in [3.05, 3.63) is 221 Å². The molecular formula is C58H37NO3. The van der Waals surface area contributed by atoms with Crippen LogP contribution in [0.1, 0.15) is 39.8 Å². The molecule has 0 fully saturated rings. The molecule has 4 nitrogen and oxygen atoms in total. The second-order valence-electron chi connectivity index (χ2n) is 16.9. The van der Waals surface area contributed by atoms with E-state index in [4.69, 9.17) is 13.6 Å². The number of rotatable bonds is 4. The van der Waals surface area contributed by atoms with E-state index < -0.39 is 5.41 Å². The third-order valence-corrected chi connectivity index (χ3v) is 13.9. The average Bonchev–Trinajstić information content (AvgIpc) is 4.12. The first-order chi connectivity index (χ1) is 30.8. The molecule has 1 spiro atoms. The molecule has 2 aliphatic carbocycles. The standard InChI is InChI=1S/C58H37NO3/c1-5-24-45-39(17-1)40-18-2-6-25-46(40)58(45)47-26-7-10-31-53(47)62-56-44(38-22-12-16-35-15-11-21-37(35)38)33-36(34-48(56)58)59(49-27-14-32-54-55(49)43-20-4-9-30-52(43)60-54)50-28-13-23-42-41-19-3-8-29-51(41)61-57(42)50/h1-10,12-14,16-20,22-34H,11,15,21H2. The molecule has 11 aromatic rings. The van der Waals surface area contributed by atoms with Gasteiger partial charge in [-0.1, -0.05) is 140 Å². The summed E-state index contributed by atoms with van der Waals surface area (Å²) < 4.78 is 20.9. The normalized spacial score (nSPS) is 14.2. The van der Waals surface area contributed by atoms with Crippen LogP contribution in [0.25, 0.3) is 66.1 Å². The van der Waals surface area contributed by atoms with Crippen LogP contribution in [-0.4, -0.2) is 0 Å². The average molecular weight is 796 g/mol. The van der Waals surface area contributed by atoms with Crippen LogP contribution < -0.4 is 9.64 Å². The molecule has 0 saturated heterocycles. The molecule has 0 N–H and O–H groups in total. The maximum atomic E-state index is 7.36. The van der Waals surface area contributed by atoms with E-state index in [2.05, 4.69) is 181 Å². The van der Waals surface area contributed by atoms with Crippen LogP contribution in [0.4, 0.5) is 17.1 Å². The topological polar surface area (TPSA) is 38.8 Å². The van der Waals surface area contributed by atoms with Gasteiger partial charge in [0.05, 0.1) is 22.2 Å². The Bertz CT molecular complexity index is 3640. The van der Waals surface area contributed by atoms with Crippen molar-refractivity contribution in [2.45, 2.75) is 24.7 Å². The lowest BCUT2D eigenvalue weighted by Gasteiger charge is -2.41. The monoisotopic (exact) mass is 795 g/mol. The van der Waals surface area contributed by atoms with Gasteiger partial charge in [-0.3, -0.25) is 0 Å². The van der Waals surface area contributed by atoms with Crippen LogP contribution in [0.15, 0.2) is 197 Å². The van der Waals surface area contributed by atoms with Gasteiger partial charge >= 0.3 is 0 Å². The summed E-state index contributed by atoms with van der Waals surface area (Å²) >= 11 is 0. The van der Waals surface area contributed by atoms with Gasteiger partial charge in [0.1, 0.15) is 28.2 Å². The van der Waals surface area contributed by atoms with Crippen molar-refractivity contribution in [2.24, 2.45) is 0 Å². The quantitative estimate of drug-likeness (QED) is 0.178. The summed E-state index contributed by atoms with van der Waals surface area (Å²) in [4.78, 5) is 2.42. The van der Waals surface area contributed by atoms with E-state index in [1.807, 2.05) is 12.1 Å².